The van der Waals surface area contributed by atoms with E-state index in [0.717, 1.165) is 12.0 Å². The highest BCUT2D eigenvalue weighted by atomic mass is 16.5. The Morgan fingerprint density at radius 2 is 2.09 bits per heavy atom. The minimum Gasteiger partial charge on any atom is -0.427 e. The number of hydrogen-bond acceptors (Lipinski definition) is 2. The molecule has 2 heteroatoms. The third-order valence-electron chi connectivity index (χ3n) is 1.24. The van der Waals surface area contributed by atoms with Crippen LogP contribution in [0, 0.1) is 0 Å². The summed E-state index contributed by atoms with van der Waals surface area (Å²) in [5.74, 6) is 0.0898. The molecule has 0 rings (SSSR count). The highest BCUT2D eigenvalue weighted by molar-refractivity contribution is 5.67. The summed E-state index contributed by atoms with van der Waals surface area (Å²) in [6.07, 6.45) is 2.71. The van der Waals surface area contributed by atoms with Crippen LogP contribution in [0.3, 0.4) is 0 Å². The molecule has 0 spiro atoms. The molecule has 0 aromatic heterocycles. The van der Waals surface area contributed by atoms with E-state index in [0.29, 0.717) is 5.76 Å². The predicted octanol–water partition coefficient (Wildman–Crippen LogP) is 2.42. The molecular formula is C9H14O2. The average Bonchev–Trinajstić information content (AvgIpc) is 1.85. The third-order valence-corrected chi connectivity index (χ3v) is 1.24. The molecule has 2 nitrogen and oxygen atoms in total. The molecule has 0 fully saturated rings. The van der Waals surface area contributed by atoms with Crippen molar-refractivity contribution < 1.29 is 9.53 Å². The summed E-state index contributed by atoms with van der Waals surface area (Å²) in [5.41, 5.74) is 1.15. The molecule has 0 unspecified atom stereocenters. The first-order valence-electron chi connectivity index (χ1n) is 3.60. The van der Waals surface area contributed by atoms with Crippen molar-refractivity contribution in [2.45, 2.75) is 27.2 Å². The van der Waals surface area contributed by atoms with E-state index in [9.17, 15) is 4.79 Å². The number of carbonyl (C=O) groups is 1. The van der Waals surface area contributed by atoms with Gasteiger partial charge in [0.05, 0.1) is 0 Å². The molecule has 0 aliphatic rings. The Morgan fingerprint density at radius 3 is 2.45 bits per heavy atom. The quantitative estimate of drug-likeness (QED) is 0.354. The Hall–Kier alpha value is -1.05. The van der Waals surface area contributed by atoms with Gasteiger partial charge in [0.25, 0.3) is 0 Å². The lowest BCUT2D eigenvalue weighted by molar-refractivity contribution is -0.136. The van der Waals surface area contributed by atoms with Crippen molar-refractivity contribution in [2.75, 3.05) is 0 Å². The third kappa shape index (κ3) is 5.40. The van der Waals surface area contributed by atoms with Gasteiger partial charge >= 0.3 is 5.97 Å². The lowest BCUT2D eigenvalue weighted by Gasteiger charge is -2.00. The second-order valence-electron chi connectivity index (χ2n) is 2.40. The minimum atomic E-state index is -0.324. The Balaban J connectivity index is 3.96. The van der Waals surface area contributed by atoms with E-state index < -0.39 is 0 Å². The Labute approximate surface area is 67.6 Å². The number of rotatable bonds is 3. The van der Waals surface area contributed by atoms with Crippen molar-refractivity contribution in [1.29, 1.82) is 0 Å². The monoisotopic (exact) mass is 154 g/mol. The van der Waals surface area contributed by atoms with E-state index >= 15 is 0 Å². The summed E-state index contributed by atoms with van der Waals surface area (Å²) < 4.78 is 4.71. The first-order chi connectivity index (χ1) is 5.06. The number of ether oxygens (including phenoxy) is 1. The molecule has 11 heavy (non-hydrogen) atoms. The molecule has 0 bridgehead atoms. The zero-order valence-corrected chi connectivity index (χ0v) is 7.31. The van der Waals surface area contributed by atoms with Crippen LogP contribution in [0.4, 0.5) is 0 Å². The van der Waals surface area contributed by atoms with Gasteiger partial charge in [-0.15, -0.1) is 0 Å². The van der Waals surface area contributed by atoms with Crippen LogP contribution >= 0.6 is 0 Å². The van der Waals surface area contributed by atoms with Gasteiger partial charge in [0, 0.05) is 6.92 Å². The van der Waals surface area contributed by atoms with E-state index in [4.69, 9.17) is 4.74 Å². The number of carbonyl (C=O) groups excluding carboxylic acids is 1. The maximum Gasteiger partial charge on any atom is 0.308 e. The van der Waals surface area contributed by atoms with Gasteiger partial charge in [0.15, 0.2) is 0 Å². The van der Waals surface area contributed by atoms with Crippen molar-refractivity contribution in [3.8, 4) is 0 Å². The maximum absolute atomic E-state index is 10.4. The summed E-state index contributed by atoms with van der Waals surface area (Å²) in [6, 6.07) is 0. The van der Waals surface area contributed by atoms with E-state index in [2.05, 4.69) is 6.58 Å². The van der Waals surface area contributed by atoms with Gasteiger partial charge in [-0.3, -0.25) is 4.79 Å². The molecule has 0 atom stereocenters. The summed E-state index contributed by atoms with van der Waals surface area (Å²) in [4.78, 5) is 10.4. The fraction of sp³-hybridized carbons (Fsp3) is 0.444. The topological polar surface area (TPSA) is 26.3 Å². The number of allylic oxidation sites excluding steroid dienone is 2. The lowest BCUT2D eigenvalue weighted by Crippen LogP contribution is -1.95. The van der Waals surface area contributed by atoms with E-state index in [1.54, 1.807) is 6.08 Å². The fourth-order valence-electron chi connectivity index (χ4n) is 0.591. The molecule has 0 N–H and O–H groups in total. The van der Waals surface area contributed by atoms with Crippen molar-refractivity contribution in [1.82, 2.24) is 0 Å². The van der Waals surface area contributed by atoms with Gasteiger partial charge in [-0.2, -0.15) is 0 Å². The zero-order valence-electron chi connectivity index (χ0n) is 7.31. The van der Waals surface area contributed by atoms with Gasteiger partial charge in [-0.05, 0) is 19.4 Å². The summed E-state index contributed by atoms with van der Waals surface area (Å²) in [7, 11) is 0. The van der Waals surface area contributed by atoms with Gasteiger partial charge in [0.2, 0.25) is 0 Å². The van der Waals surface area contributed by atoms with E-state index in [1.807, 2.05) is 13.8 Å². The van der Waals surface area contributed by atoms with Gasteiger partial charge < -0.3 is 4.74 Å². The summed E-state index contributed by atoms with van der Waals surface area (Å²) in [6.45, 7) is 8.93. The van der Waals surface area contributed by atoms with Crippen LogP contribution in [-0.4, -0.2) is 5.97 Å². The van der Waals surface area contributed by atoms with E-state index in [-0.39, 0.29) is 5.97 Å². The molecule has 0 heterocycles. The van der Waals surface area contributed by atoms with Crippen molar-refractivity contribution >= 4 is 5.97 Å². The van der Waals surface area contributed by atoms with Crippen LogP contribution in [-0.2, 0) is 9.53 Å². The van der Waals surface area contributed by atoms with Crippen LogP contribution in [0.5, 0.6) is 0 Å². The molecule has 62 valence electrons. The van der Waals surface area contributed by atoms with Gasteiger partial charge in [-0.1, -0.05) is 19.1 Å². The Bertz CT molecular complexity index is 190. The second kappa shape index (κ2) is 4.72. The van der Waals surface area contributed by atoms with Crippen LogP contribution in [0.2, 0.25) is 0 Å². The van der Waals surface area contributed by atoms with Crippen LogP contribution < -0.4 is 0 Å². The first kappa shape index (κ1) is 9.95. The largest absolute Gasteiger partial charge is 0.427 e. The molecular weight excluding hydrogens is 140 g/mol. The maximum atomic E-state index is 10.4. The SMILES string of the molecule is C=C(/C=C(\C)CC)OC(C)=O. The van der Waals surface area contributed by atoms with Gasteiger partial charge in [0.1, 0.15) is 5.76 Å². The molecule has 0 amide bonds. The fourth-order valence-corrected chi connectivity index (χ4v) is 0.591. The molecule has 0 saturated carbocycles. The number of esters is 1. The first-order valence-corrected chi connectivity index (χ1v) is 3.60. The molecule has 0 aliphatic heterocycles. The van der Waals surface area contributed by atoms with Gasteiger partial charge in [-0.25, -0.2) is 0 Å². The number of hydrogen-bond donors (Lipinski definition) is 0. The zero-order chi connectivity index (χ0) is 8.85. The average molecular weight is 154 g/mol. The van der Waals surface area contributed by atoms with Crippen molar-refractivity contribution in [3.05, 3.63) is 24.0 Å². The lowest BCUT2D eigenvalue weighted by atomic mass is 10.2. The minimum absolute atomic E-state index is 0.324. The molecule has 0 aliphatic carbocycles. The normalized spacial score (nSPS) is 11.0. The highest BCUT2D eigenvalue weighted by Crippen LogP contribution is 2.04. The molecule has 0 aromatic rings. The van der Waals surface area contributed by atoms with Crippen LogP contribution in [0.25, 0.3) is 0 Å². The molecule has 0 radical (unpaired) electrons. The van der Waals surface area contributed by atoms with Crippen LogP contribution in [0.1, 0.15) is 27.2 Å². The molecule has 0 aromatic carbocycles. The molecule has 0 saturated heterocycles. The summed E-state index contributed by atoms with van der Waals surface area (Å²) >= 11 is 0. The Kier molecular flexibility index (Phi) is 4.27. The van der Waals surface area contributed by atoms with E-state index in [1.165, 1.54) is 6.92 Å². The summed E-state index contributed by atoms with van der Waals surface area (Å²) in [5, 5.41) is 0. The predicted molar refractivity (Wildman–Crippen MR) is 45.0 cm³/mol. The Morgan fingerprint density at radius 1 is 1.55 bits per heavy atom. The standard InChI is InChI=1S/C9H14O2/c1-5-7(2)6-8(3)11-9(4)10/h6H,3,5H2,1-2,4H3/b7-6+. The van der Waals surface area contributed by atoms with Crippen molar-refractivity contribution in [2.24, 2.45) is 0 Å². The van der Waals surface area contributed by atoms with Crippen LogP contribution in [0.15, 0.2) is 24.0 Å². The smallest absolute Gasteiger partial charge is 0.308 e. The highest BCUT2D eigenvalue weighted by Gasteiger charge is 1.94. The van der Waals surface area contributed by atoms with Crippen molar-refractivity contribution in [3.63, 3.8) is 0 Å². The second-order valence-corrected chi connectivity index (χ2v) is 2.40.